The summed E-state index contributed by atoms with van der Waals surface area (Å²) in [6, 6.07) is 16.1. The van der Waals surface area contributed by atoms with Crippen molar-refractivity contribution in [3.63, 3.8) is 0 Å². The second-order valence-electron chi connectivity index (χ2n) is 5.98. The van der Waals surface area contributed by atoms with Gasteiger partial charge in [0, 0.05) is 31.4 Å². The summed E-state index contributed by atoms with van der Waals surface area (Å²) >= 11 is 0. The number of anilines is 1. The third-order valence-corrected chi connectivity index (χ3v) is 4.31. The molecule has 3 rings (SSSR count). The van der Waals surface area contributed by atoms with Crippen LogP contribution in [0, 0.1) is 0 Å². The standard InChI is InChI=1S/C20H24N4O.HI/c1-3-22-20(24-12-11-16-8-4-5-10-18(16)24)23-14-15-7-6-9-17(13-15)19(25)21-2;/h4-10,13H,3,11-12,14H2,1-2H3,(H,21,25)(H,22,23);1H. The maximum absolute atomic E-state index is 11.8. The Morgan fingerprint density at radius 3 is 2.77 bits per heavy atom. The van der Waals surface area contributed by atoms with Gasteiger partial charge in [0.05, 0.1) is 6.54 Å². The van der Waals surface area contributed by atoms with Gasteiger partial charge in [-0.15, -0.1) is 24.0 Å². The van der Waals surface area contributed by atoms with Gasteiger partial charge in [-0.2, -0.15) is 0 Å². The highest BCUT2D eigenvalue weighted by Crippen LogP contribution is 2.27. The maximum Gasteiger partial charge on any atom is 0.251 e. The molecule has 26 heavy (non-hydrogen) atoms. The summed E-state index contributed by atoms with van der Waals surface area (Å²) in [7, 11) is 1.64. The van der Waals surface area contributed by atoms with Gasteiger partial charge in [0.1, 0.15) is 0 Å². The lowest BCUT2D eigenvalue weighted by Crippen LogP contribution is -2.40. The van der Waals surface area contributed by atoms with E-state index in [2.05, 4.69) is 46.7 Å². The van der Waals surface area contributed by atoms with Gasteiger partial charge < -0.3 is 15.5 Å². The Kier molecular flexibility index (Phi) is 7.44. The number of carbonyl (C=O) groups excluding carboxylic acids is 1. The molecular formula is C20H25IN4O. The Labute approximate surface area is 171 Å². The highest BCUT2D eigenvalue weighted by Gasteiger charge is 2.22. The molecule has 2 aromatic rings. The lowest BCUT2D eigenvalue weighted by atomic mass is 10.1. The van der Waals surface area contributed by atoms with Gasteiger partial charge in [0.15, 0.2) is 5.96 Å². The third kappa shape index (κ3) is 4.55. The van der Waals surface area contributed by atoms with E-state index in [1.165, 1.54) is 11.3 Å². The molecule has 1 aliphatic rings. The number of aliphatic imine (C=N–C) groups is 1. The first-order valence-corrected chi connectivity index (χ1v) is 8.67. The van der Waals surface area contributed by atoms with Gasteiger partial charge in [-0.3, -0.25) is 4.79 Å². The van der Waals surface area contributed by atoms with Crippen LogP contribution in [0.2, 0.25) is 0 Å². The van der Waals surface area contributed by atoms with Crippen LogP contribution < -0.4 is 15.5 Å². The van der Waals surface area contributed by atoms with Crippen LogP contribution in [0.5, 0.6) is 0 Å². The molecule has 0 unspecified atom stereocenters. The second-order valence-corrected chi connectivity index (χ2v) is 5.98. The van der Waals surface area contributed by atoms with E-state index in [1.807, 2.05) is 24.3 Å². The van der Waals surface area contributed by atoms with Crippen LogP contribution in [0.15, 0.2) is 53.5 Å². The molecule has 2 aromatic carbocycles. The van der Waals surface area contributed by atoms with E-state index in [-0.39, 0.29) is 29.9 Å². The monoisotopic (exact) mass is 464 g/mol. The normalized spacial score (nSPS) is 13.0. The van der Waals surface area contributed by atoms with Gasteiger partial charge in [0.2, 0.25) is 0 Å². The number of rotatable bonds is 4. The van der Waals surface area contributed by atoms with Crippen LogP contribution in [0.1, 0.15) is 28.4 Å². The van der Waals surface area contributed by atoms with E-state index in [1.54, 1.807) is 7.05 Å². The molecule has 1 aliphatic heterocycles. The number of halogens is 1. The van der Waals surface area contributed by atoms with Crippen molar-refractivity contribution in [1.82, 2.24) is 10.6 Å². The Morgan fingerprint density at radius 2 is 2.00 bits per heavy atom. The molecule has 0 aromatic heterocycles. The van der Waals surface area contributed by atoms with Gasteiger partial charge >= 0.3 is 0 Å². The van der Waals surface area contributed by atoms with Gasteiger partial charge in [-0.1, -0.05) is 30.3 Å². The lowest BCUT2D eigenvalue weighted by molar-refractivity contribution is 0.0963. The van der Waals surface area contributed by atoms with E-state index in [4.69, 9.17) is 4.99 Å². The molecule has 0 saturated carbocycles. The van der Waals surface area contributed by atoms with Crippen LogP contribution in [-0.2, 0) is 13.0 Å². The molecule has 0 radical (unpaired) electrons. The number of fused-ring (bicyclic) bond motifs is 1. The molecule has 1 amide bonds. The Morgan fingerprint density at radius 1 is 1.19 bits per heavy atom. The number of guanidine groups is 1. The SMILES string of the molecule is CCNC(=NCc1cccc(C(=O)NC)c1)N1CCc2ccccc21.I. The fourth-order valence-corrected chi connectivity index (χ4v) is 3.07. The molecule has 0 fully saturated rings. The van der Waals surface area contributed by atoms with Gasteiger partial charge in [-0.05, 0) is 42.7 Å². The first-order valence-electron chi connectivity index (χ1n) is 8.67. The van der Waals surface area contributed by atoms with Crippen molar-refractivity contribution in [2.75, 3.05) is 25.0 Å². The minimum absolute atomic E-state index is 0. The molecule has 5 nitrogen and oxygen atoms in total. The highest BCUT2D eigenvalue weighted by molar-refractivity contribution is 14.0. The summed E-state index contributed by atoms with van der Waals surface area (Å²) in [6.45, 7) is 4.36. The van der Waals surface area contributed by atoms with E-state index >= 15 is 0 Å². The fraction of sp³-hybridized carbons (Fsp3) is 0.300. The number of carbonyl (C=O) groups is 1. The predicted octanol–water partition coefficient (Wildman–Crippen LogP) is 3.19. The van der Waals surface area contributed by atoms with Crippen molar-refractivity contribution in [2.45, 2.75) is 19.9 Å². The van der Waals surface area contributed by atoms with E-state index in [0.717, 1.165) is 31.0 Å². The highest BCUT2D eigenvalue weighted by atomic mass is 127. The van der Waals surface area contributed by atoms with E-state index in [0.29, 0.717) is 12.1 Å². The average Bonchev–Trinajstić information content (AvgIpc) is 3.08. The number of amides is 1. The molecule has 0 atom stereocenters. The quantitative estimate of drug-likeness (QED) is 0.415. The summed E-state index contributed by atoms with van der Waals surface area (Å²) < 4.78 is 0. The zero-order chi connectivity index (χ0) is 17.6. The summed E-state index contributed by atoms with van der Waals surface area (Å²) in [5.74, 6) is 0.809. The largest absolute Gasteiger partial charge is 0.356 e. The Hall–Kier alpha value is -2.09. The zero-order valence-corrected chi connectivity index (χ0v) is 17.5. The molecular weight excluding hydrogens is 439 g/mol. The minimum Gasteiger partial charge on any atom is -0.356 e. The first-order chi connectivity index (χ1) is 12.2. The molecule has 138 valence electrons. The van der Waals surface area contributed by atoms with Crippen LogP contribution in [0.3, 0.4) is 0 Å². The fourth-order valence-electron chi connectivity index (χ4n) is 3.07. The molecule has 2 N–H and O–H groups in total. The number of benzene rings is 2. The van der Waals surface area contributed by atoms with E-state index < -0.39 is 0 Å². The molecule has 0 spiro atoms. The van der Waals surface area contributed by atoms with Crippen molar-refractivity contribution in [3.8, 4) is 0 Å². The summed E-state index contributed by atoms with van der Waals surface area (Å²) in [5.41, 5.74) is 4.26. The number of hydrogen-bond donors (Lipinski definition) is 2. The van der Waals surface area contributed by atoms with Crippen molar-refractivity contribution in [1.29, 1.82) is 0 Å². The second kappa shape index (κ2) is 9.56. The topological polar surface area (TPSA) is 56.7 Å². The lowest BCUT2D eigenvalue weighted by Gasteiger charge is -2.22. The van der Waals surface area contributed by atoms with Crippen molar-refractivity contribution in [3.05, 3.63) is 65.2 Å². The minimum atomic E-state index is -0.0776. The van der Waals surface area contributed by atoms with Crippen molar-refractivity contribution in [2.24, 2.45) is 4.99 Å². The first kappa shape index (κ1) is 20.2. The molecule has 1 heterocycles. The smallest absolute Gasteiger partial charge is 0.251 e. The zero-order valence-electron chi connectivity index (χ0n) is 15.2. The summed E-state index contributed by atoms with van der Waals surface area (Å²) in [4.78, 5) is 18.8. The van der Waals surface area contributed by atoms with Gasteiger partial charge in [-0.25, -0.2) is 4.99 Å². The van der Waals surface area contributed by atoms with Crippen LogP contribution in [-0.4, -0.2) is 32.0 Å². The Balaban J connectivity index is 0.00000243. The number of hydrogen-bond acceptors (Lipinski definition) is 2. The number of nitrogens with one attached hydrogen (secondary N) is 2. The van der Waals surface area contributed by atoms with Crippen LogP contribution in [0.25, 0.3) is 0 Å². The van der Waals surface area contributed by atoms with Crippen molar-refractivity contribution >= 4 is 41.5 Å². The Bertz CT molecular complexity index is 791. The summed E-state index contributed by atoms with van der Waals surface area (Å²) in [5, 5.41) is 6.03. The van der Waals surface area contributed by atoms with Crippen molar-refractivity contribution < 1.29 is 4.79 Å². The predicted molar refractivity (Wildman–Crippen MR) is 118 cm³/mol. The molecule has 0 aliphatic carbocycles. The summed E-state index contributed by atoms with van der Waals surface area (Å²) in [6.07, 6.45) is 1.03. The number of para-hydroxylation sites is 1. The van der Waals surface area contributed by atoms with Gasteiger partial charge in [0.25, 0.3) is 5.91 Å². The van der Waals surface area contributed by atoms with Crippen LogP contribution >= 0.6 is 24.0 Å². The third-order valence-electron chi connectivity index (χ3n) is 4.31. The number of nitrogens with zero attached hydrogens (tertiary/aromatic N) is 2. The van der Waals surface area contributed by atoms with Crippen LogP contribution in [0.4, 0.5) is 5.69 Å². The molecule has 6 heteroatoms. The molecule has 0 bridgehead atoms. The maximum atomic E-state index is 11.8. The van der Waals surface area contributed by atoms with E-state index in [9.17, 15) is 4.79 Å². The molecule has 0 saturated heterocycles. The average molecular weight is 464 g/mol.